The summed E-state index contributed by atoms with van der Waals surface area (Å²) >= 11 is 0. The summed E-state index contributed by atoms with van der Waals surface area (Å²) in [5, 5.41) is 0. The molecule has 1 saturated heterocycles. The van der Waals surface area contributed by atoms with Crippen molar-refractivity contribution in [1.82, 2.24) is 4.90 Å². The smallest absolute Gasteiger partial charge is 0.0369 e. The maximum absolute atomic E-state index is 5.99. The van der Waals surface area contributed by atoms with Gasteiger partial charge >= 0.3 is 0 Å². The Hall–Kier alpha value is -1.06. The van der Waals surface area contributed by atoms with E-state index in [1.165, 1.54) is 17.7 Å². The molecule has 3 heteroatoms. The van der Waals surface area contributed by atoms with Crippen LogP contribution in [0.4, 0.5) is 5.69 Å². The van der Waals surface area contributed by atoms with E-state index in [1.807, 2.05) is 0 Å². The van der Waals surface area contributed by atoms with E-state index in [0.717, 1.165) is 32.7 Å². The molecule has 112 valence electrons. The van der Waals surface area contributed by atoms with Crippen LogP contribution in [0.15, 0.2) is 24.3 Å². The fraction of sp³-hybridized carbons (Fsp3) is 0.647. The first kappa shape index (κ1) is 15.3. The van der Waals surface area contributed by atoms with Gasteiger partial charge in [-0.15, -0.1) is 0 Å². The van der Waals surface area contributed by atoms with Crippen LogP contribution in [0.2, 0.25) is 0 Å². The van der Waals surface area contributed by atoms with E-state index in [9.17, 15) is 0 Å². The molecular weight excluding hydrogens is 246 g/mol. The van der Waals surface area contributed by atoms with Crippen LogP contribution in [-0.4, -0.2) is 43.7 Å². The Balaban J connectivity index is 1.95. The Morgan fingerprint density at radius 2 is 1.90 bits per heavy atom. The summed E-state index contributed by atoms with van der Waals surface area (Å²) < 4.78 is 0. The maximum atomic E-state index is 5.99. The molecule has 2 atom stereocenters. The third-order valence-corrected chi connectivity index (χ3v) is 4.69. The molecule has 0 aromatic heterocycles. The summed E-state index contributed by atoms with van der Waals surface area (Å²) in [6.45, 7) is 12.0. The number of nitrogens with zero attached hydrogens (tertiary/aromatic N) is 2. The molecule has 2 rings (SSSR count). The predicted octanol–water partition coefficient (Wildman–Crippen LogP) is 2.49. The number of rotatable bonds is 5. The standard InChI is InChI=1S/C17H29N3/c1-4-15(3)17(13-18)20-10-8-19(9-11-20)16-7-5-6-14(2)12-16/h5-7,12,15,17H,4,8-11,13,18H2,1-3H3. The lowest BCUT2D eigenvalue weighted by Gasteiger charge is -2.42. The highest BCUT2D eigenvalue weighted by molar-refractivity contribution is 5.48. The van der Waals surface area contributed by atoms with Crippen LogP contribution < -0.4 is 10.6 Å². The second kappa shape index (κ2) is 7.09. The Morgan fingerprint density at radius 1 is 1.20 bits per heavy atom. The first-order valence-electron chi connectivity index (χ1n) is 7.91. The molecule has 1 aliphatic rings. The van der Waals surface area contributed by atoms with E-state index in [1.54, 1.807) is 0 Å². The number of hydrogen-bond donors (Lipinski definition) is 1. The molecule has 1 heterocycles. The average molecular weight is 275 g/mol. The molecule has 3 nitrogen and oxygen atoms in total. The van der Waals surface area contributed by atoms with Gasteiger partial charge < -0.3 is 10.6 Å². The van der Waals surface area contributed by atoms with Gasteiger partial charge in [0.2, 0.25) is 0 Å². The zero-order valence-corrected chi connectivity index (χ0v) is 13.2. The first-order valence-corrected chi connectivity index (χ1v) is 7.91. The fourth-order valence-electron chi connectivity index (χ4n) is 3.15. The molecule has 0 bridgehead atoms. The molecule has 0 saturated carbocycles. The Bertz CT molecular complexity index is 410. The second-order valence-corrected chi connectivity index (χ2v) is 6.05. The summed E-state index contributed by atoms with van der Waals surface area (Å²) in [5.74, 6) is 0.686. The van der Waals surface area contributed by atoms with Crippen molar-refractivity contribution in [2.45, 2.75) is 33.2 Å². The van der Waals surface area contributed by atoms with E-state index in [4.69, 9.17) is 5.73 Å². The van der Waals surface area contributed by atoms with Gasteiger partial charge in [0.05, 0.1) is 0 Å². The van der Waals surface area contributed by atoms with E-state index < -0.39 is 0 Å². The monoisotopic (exact) mass is 275 g/mol. The van der Waals surface area contributed by atoms with Gasteiger partial charge in [-0.2, -0.15) is 0 Å². The largest absolute Gasteiger partial charge is 0.369 e. The lowest BCUT2D eigenvalue weighted by atomic mass is 9.97. The molecule has 1 aliphatic heterocycles. The van der Waals surface area contributed by atoms with Crippen LogP contribution in [-0.2, 0) is 0 Å². The quantitative estimate of drug-likeness (QED) is 0.896. The van der Waals surface area contributed by atoms with Crippen molar-refractivity contribution in [2.24, 2.45) is 11.7 Å². The molecule has 0 spiro atoms. The van der Waals surface area contributed by atoms with E-state index >= 15 is 0 Å². The lowest BCUT2D eigenvalue weighted by Crippen LogP contribution is -2.54. The Morgan fingerprint density at radius 3 is 2.45 bits per heavy atom. The molecule has 2 N–H and O–H groups in total. The van der Waals surface area contributed by atoms with Crippen LogP contribution in [0.3, 0.4) is 0 Å². The molecule has 1 aromatic rings. The first-order chi connectivity index (χ1) is 9.65. The molecule has 1 fully saturated rings. The second-order valence-electron chi connectivity index (χ2n) is 6.05. The third-order valence-electron chi connectivity index (χ3n) is 4.69. The average Bonchev–Trinajstić information content (AvgIpc) is 2.48. The lowest BCUT2D eigenvalue weighted by molar-refractivity contribution is 0.142. The highest BCUT2D eigenvalue weighted by atomic mass is 15.3. The topological polar surface area (TPSA) is 32.5 Å². The SMILES string of the molecule is CCC(C)C(CN)N1CCN(c2cccc(C)c2)CC1. The number of nitrogens with two attached hydrogens (primary N) is 1. The number of aryl methyl sites for hydroxylation is 1. The van der Waals surface area contributed by atoms with Gasteiger partial charge in [-0.05, 0) is 30.5 Å². The summed E-state index contributed by atoms with van der Waals surface area (Å²) in [7, 11) is 0. The summed E-state index contributed by atoms with van der Waals surface area (Å²) in [6.07, 6.45) is 1.21. The minimum absolute atomic E-state index is 0.541. The third kappa shape index (κ3) is 3.53. The summed E-state index contributed by atoms with van der Waals surface area (Å²) in [5.41, 5.74) is 8.69. The highest BCUT2D eigenvalue weighted by Gasteiger charge is 2.26. The maximum Gasteiger partial charge on any atom is 0.0369 e. The van der Waals surface area contributed by atoms with Gasteiger partial charge in [-0.1, -0.05) is 32.4 Å². The molecule has 0 amide bonds. The van der Waals surface area contributed by atoms with Gasteiger partial charge in [0.1, 0.15) is 0 Å². The van der Waals surface area contributed by atoms with Crippen LogP contribution in [0.1, 0.15) is 25.8 Å². The summed E-state index contributed by atoms with van der Waals surface area (Å²) in [4.78, 5) is 5.08. The van der Waals surface area contributed by atoms with Gasteiger partial charge in [-0.25, -0.2) is 0 Å². The van der Waals surface area contributed by atoms with Crippen LogP contribution >= 0.6 is 0 Å². The molecule has 0 radical (unpaired) electrons. The van der Waals surface area contributed by atoms with Crippen molar-refractivity contribution in [3.05, 3.63) is 29.8 Å². The van der Waals surface area contributed by atoms with Crippen LogP contribution in [0.5, 0.6) is 0 Å². The normalized spacial score (nSPS) is 19.9. The van der Waals surface area contributed by atoms with Gasteiger partial charge in [-0.3, -0.25) is 4.90 Å². The van der Waals surface area contributed by atoms with E-state index in [0.29, 0.717) is 12.0 Å². The van der Waals surface area contributed by atoms with Crippen molar-refractivity contribution >= 4 is 5.69 Å². The van der Waals surface area contributed by atoms with Crippen LogP contribution in [0.25, 0.3) is 0 Å². The van der Waals surface area contributed by atoms with Crippen molar-refractivity contribution in [1.29, 1.82) is 0 Å². The van der Waals surface area contributed by atoms with Crippen LogP contribution in [0, 0.1) is 12.8 Å². The number of anilines is 1. The number of piperazine rings is 1. The minimum atomic E-state index is 0.541. The van der Waals surface area contributed by atoms with Crippen molar-refractivity contribution in [3.8, 4) is 0 Å². The highest BCUT2D eigenvalue weighted by Crippen LogP contribution is 2.21. The molecular formula is C17H29N3. The molecule has 0 aliphatic carbocycles. The molecule has 1 aromatic carbocycles. The Kier molecular flexibility index (Phi) is 5.44. The molecule has 20 heavy (non-hydrogen) atoms. The van der Waals surface area contributed by atoms with Crippen molar-refractivity contribution in [3.63, 3.8) is 0 Å². The van der Waals surface area contributed by atoms with Gasteiger partial charge in [0, 0.05) is 44.5 Å². The van der Waals surface area contributed by atoms with Gasteiger partial charge in [0.25, 0.3) is 0 Å². The summed E-state index contributed by atoms with van der Waals surface area (Å²) in [6, 6.07) is 9.36. The van der Waals surface area contributed by atoms with Gasteiger partial charge in [0.15, 0.2) is 0 Å². The van der Waals surface area contributed by atoms with Crippen molar-refractivity contribution in [2.75, 3.05) is 37.6 Å². The van der Waals surface area contributed by atoms with E-state index in [-0.39, 0.29) is 0 Å². The predicted molar refractivity (Wildman–Crippen MR) is 87.3 cm³/mol. The number of hydrogen-bond acceptors (Lipinski definition) is 3. The van der Waals surface area contributed by atoms with Crippen molar-refractivity contribution < 1.29 is 0 Å². The zero-order chi connectivity index (χ0) is 14.5. The zero-order valence-electron chi connectivity index (χ0n) is 13.2. The minimum Gasteiger partial charge on any atom is -0.369 e. The van der Waals surface area contributed by atoms with E-state index in [2.05, 4.69) is 54.8 Å². The molecule has 2 unspecified atom stereocenters. The number of benzene rings is 1. The Labute approximate surface area is 123 Å². The fourth-order valence-corrected chi connectivity index (χ4v) is 3.15.